The molecule has 1 aliphatic heterocycles. The van der Waals surface area contributed by atoms with Crippen molar-refractivity contribution in [1.82, 2.24) is 5.32 Å². The number of amides is 1. The van der Waals surface area contributed by atoms with E-state index in [9.17, 15) is 9.18 Å². The van der Waals surface area contributed by atoms with Crippen molar-refractivity contribution in [3.8, 4) is 0 Å². The monoisotopic (exact) mass is 165 g/mol. The first-order valence-electron chi connectivity index (χ1n) is 3.76. The summed E-state index contributed by atoms with van der Waals surface area (Å²) in [4.78, 5) is 11.1. The predicted octanol–water partition coefficient (Wildman–Crippen LogP) is 1.38. The molecule has 2 rings (SSSR count). The molecule has 1 N–H and O–H groups in total. The average molecular weight is 165 g/mol. The summed E-state index contributed by atoms with van der Waals surface area (Å²) in [6.07, 6.45) is 0. The van der Waals surface area contributed by atoms with Gasteiger partial charge in [-0.1, -0.05) is 12.1 Å². The summed E-state index contributed by atoms with van der Waals surface area (Å²) in [5.41, 5.74) is 1.49. The summed E-state index contributed by atoms with van der Waals surface area (Å²) < 4.78 is 13.3. The summed E-state index contributed by atoms with van der Waals surface area (Å²) in [5.74, 6) is -0.686. The van der Waals surface area contributed by atoms with E-state index in [1.54, 1.807) is 19.1 Å². The van der Waals surface area contributed by atoms with Crippen LogP contribution >= 0.6 is 0 Å². The quantitative estimate of drug-likeness (QED) is 0.618. The van der Waals surface area contributed by atoms with Gasteiger partial charge in [0.15, 0.2) is 0 Å². The summed E-state index contributed by atoms with van der Waals surface area (Å²) in [6, 6.07) is 3.47. The minimum absolute atomic E-state index is 0.218. The van der Waals surface area contributed by atoms with E-state index in [2.05, 4.69) is 5.32 Å². The van der Waals surface area contributed by atoms with Gasteiger partial charge in [-0.05, 0) is 18.1 Å². The number of fused-ring (bicyclic) bond motifs is 1. The number of benzene rings is 1. The van der Waals surface area contributed by atoms with Crippen molar-refractivity contribution in [1.29, 1.82) is 0 Å². The Labute approximate surface area is 69.4 Å². The molecule has 0 saturated heterocycles. The summed E-state index contributed by atoms with van der Waals surface area (Å²) in [7, 11) is 0. The second-order valence-electron chi connectivity index (χ2n) is 2.91. The number of halogens is 1. The molecule has 1 aromatic carbocycles. The van der Waals surface area contributed by atoms with E-state index >= 15 is 0 Å². The number of rotatable bonds is 0. The highest BCUT2D eigenvalue weighted by Gasteiger charge is 2.23. The Bertz CT molecular complexity index is 360. The van der Waals surface area contributed by atoms with Gasteiger partial charge in [-0.25, -0.2) is 4.39 Å². The van der Waals surface area contributed by atoms with Crippen LogP contribution in [0.1, 0.15) is 21.5 Å². The molecule has 0 saturated carbocycles. The highest BCUT2D eigenvalue weighted by molar-refractivity contribution is 5.98. The van der Waals surface area contributed by atoms with Crippen LogP contribution in [0.4, 0.5) is 4.39 Å². The molecule has 3 heteroatoms. The van der Waals surface area contributed by atoms with Gasteiger partial charge in [0.25, 0.3) is 5.91 Å². The summed E-state index contributed by atoms with van der Waals surface area (Å²) in [6.45, 7) is 2.10. The van der Waals surface area contributed by atoms with Crippen molar-refractivity contribution >= 4 is 5.91 Å². The van der Waals surface area contributed by atoms with Gasteiger partial charge in [0, 0.05) is 6.54 Å². The maximum Gasteiger partial charge on any atom is 0.254 e. The van der Waals surface area contributed by atoms with E-state index in [-0.39, 0.29) is 17.3 Å². The number of hydrogen-bond acceptors (Lipinski definition) is 1. The van der Waals surface area contributed by atoms with Gasteiger partial charge in [-0.15, -0.1) is 0 Å². The molecule has 0 aromatic heterocycles. The minimum Gasteiger partial charge on any atom is -0.348 e. The maximum atomic E-state index is 13.3. The lowest BCUT2D eigenvalue weighted by atomic mass is 10.1. The Morgan fingerprint density at radius 2 is 2.25 bits per heavy atom. The van der Waals surface area contributed by atoms with Crippen molar-refractivity contribution in [3.63, 3.8) is 0 Å². The first kappa shape index (κ1) is 7.28. The lowest BCUT2D eigenvalue weighted by Crippen LogP contribution is -2.13. The Balaban J connectivity index is 2.71. The fraction of sp³-hybridized carbons (Fsp3) is 0.222. The molecule has 1 aromatic rings. The van der Waals surface area contributed by atoms with Gasteiger partial charge in [-0.2, -0.15) is 0 Å². The molecular weight excluding hydrogens is 157 g/mol. The van der Waals surface area contributed by atoms with Gasteiger partial charge >= 0.3 is 0 Å². The largest absolute Gasteiger partial charge is 0.348 e. The van der Waals surface area contributed by atoms with Gasteiger partial charge < -0.3 is 5.32 Å². The van der Waals surface area contributed by atoms with Crippen molar-refractivity contribution < 1.29 is 9.18 Å². The smallest absolute Gasteiger partial charge is 0.254 e. The first-order chi connectivity index (χ1) is 5.70. The van der Waals surface area contributed by atoms with E-state index < -0.39 is 0 Å². The molecule has 0 atom stereocenters. The Hall–Kier alpha value is -1.38. The summed E-state index contributed by atoms with van der Waals surface area (Å²) >= 11 is 0. The van der Waals surface area contributed by atoms with Crippen LogP contribution in [0.25, 0.3) is 0 Å². The zero-order valence-corrected chi connectivity index (χ0v) is 6.65. The van der Waals surface area contributed by atoms with Crippen LogP contribution in [0.3, 0.4) is 0 Å². The second-order valence-corrected chi connectivity index (χ2v) is 2.91. The molecule has 62 valence electrons. The number of carbonyl (C=O) groups excluding carboxylic acids is 1. The van der Waals surface area contributed by atoms with Crippen LogP contribution in [-0.4, -0.2) is 5.91 Å². The van der Waals surface area contributed by atoms with Crippen LogP contribution in [-0.2, 0) is 6.54 Å². The van der Waals surface area contributed by atoms with Crippen LogP contribution in [0.5, 0.6) is 0 Å². The van der Waals surface area contributed by atoms with Crippen molar-refractivity contribution in [2.24, 2.45) is 0 Å². The summed E-state index contributed by atoms with van der Waals surface area (Å²) in [5, 5.41) is 2.57. The second kappa shape index (κ2) is 2.30. The fourth-order valence-corrected chi connectivity index (χ4v) is 1.38. The van der Waals surface area contributed by atoms with Gasteiger partial charge in [0.1, 0.15) is 5.82 Å². The van der Waals surface area contributed by atoms with Gasteiger partial charge in [0.05, 0.1) is 5.56 Å². The number of aryl methyl sites for hydroxylation is 1. The van der Waals surface area contributed by atoms with E-state index in [4.69, 9.17) is 0 Å². The third-order valence-corrected chi connectivity index (χ3v) is 2.09. The fourth-order valence-electron chi connectivity index (χ4n) is 1.38. The number of carbonyl (C=O) groups is 1. The minimum atomic E-state index is -0.387. The van der Waals surface area contributed by atoms with Crippen LogP contribution in [0.15, 0.2) is 12.1 Å². The maximum absolute atomic E-state index is 13.3. The van der Waals surface area contributed by atoms with Crippen LogP contribution in [0.2, 0.25) is 0 Å². The van der Waals surface area contributed by atoms with E-state index in [0.717, 1.165) is 5.56 Å². The molecule has 1 amide bonds. The van der Waals surface area contributed by atoms with Crippen molar-refractivity contribution in [3.05, 3.63) is 34.6 Å². The van der Waals surface area contributed by atoms with E-state index in [0.29, 0.717) is 12.1 Å². The van der Waals surface area contributed by atoms with Gasteiger partial charge in [-0.3, -0.25) is 4.79 Å². The Morgan fingerprint density at radius 3 is 3.00 bits per heavy atom. The molecule has 0 unspecified atom stereocenters. The van der Waals surface area contributed by atoms with Crippen LogP contribution in [0, 0.1) is 12.7 Å². The van der Waals surface area contributed by atoms with Gasteiger partial charge in [0.2, 0.25) is 0 Å². The molecule has 0 fully saturated rings. The highest BCUT2D eigenvalue weighted by atomic mass is 19.1. The standard InChI is InChI=1S/C9H8FNO/c1-5-2-3-6-4-11-9(12)7(6)8(5)10/h2-3H,4H2,1H3,(H,11,12). The predicted molar refractivity (Wildman–Crippen MR) is 42.3 cm³/mol. The molecular formula is C9H8FNO. The lowest BCUT2D eigenvalue weighted by Gasteiger charge is -1.99. The molecule has 0 radical (unpaired) electrons. The molecule has 0 aliphatic carbocycles. The van der Waals surface area contributed by atoms with E-state index in [1.807, 2.05) is 0 Å². The first-order valence-corrected chi connectivity index (χ1v) is 3.76. The average Bonchev–Trinajstić information content (AvgIpc) is 2.41. The third-order valence-electron chi connectivity index (χ3n) is 2.09. The lowest BCUT2D eigenvalue weighted by molar-refractivity contribution is 0.0962. The molecule has 12 heavy (non-hydrogen) atoms. The highest BCUT2D eigenvalue weighted by Crippen LogP contribution is 2.21. The Kier molecular flexibility index (Phi) is 1.40. The zero-order chi connectivity index (χ0) is 8.72. The third kappa shape index (κ3) is 0.826. The molecule has 2 nitrogen and oxygen atoms in total. The topological polar surface area (TPSA) is 29.1 Å². The Morgan fingerprint density at radius 1 is 1.50 bits per heavy atom. The van der Waals surface area contributed by atoms with Crippen molar-refractivity contribution in [2.75, 3.05) is 0 Å². The molecule has 0 bridgehead atoms. The molecule has 0 spiro atoms. The number of nitrogens with one attached hydrogen (secondary N) is 1. The zero-order valence-electron chi connectivity index (χ0n) is 6.65. The van der Waals surface area contributed by atoms with Crippen LogP contribution < -0.4 is 5.32 Å². The van der Waals surface area contributed by atoms with Crippen molar-refractivity contribution in [2.45, 2.75) is 13.5 Å². The normalized spacial score (nSPS) is 14.3. The molecule has 1 aliphatic rings. The van der Waals surface area contributed by atoms with E-state index in [1.165, 1.54) is 0 Å². The SMILES string of the molecule is Cc1ccc2c(c1F)C(=O)NC2. The molecule has 1 heterocycles. The number of hydrogen-bond donors (Lipinski definition) is 1.